The van der Waals surface area contributed by atoms with Crippen LogP contribution in [0.25, 0.3) is 0 Å². The molecular formula is C15H19NO3. The molecule has 0 unspecified atom stereocenters. The highest BCUT2D eigenvalue weighted by molar-refractivity contribution is 5.90. The van der Waals surface area contributed by atoms with E-state index in [0.29, 0.717) is 12.0 Å². The third kappa shape index (κ3) is 2.78. The minimum Gasteiger partial charge on any atom is -0.465 e. The molecule has 1 aliphatic rings. The smallest absolute Gasteiger partial charge is 0.337 e. The van der Waals surface area contributed by atoms with Crippen molar-refractivity contribution in [2.75, 3.05) is 18.6 Å². The van der Waals surface area contributed by atoms with Crippen LogP contribution in [0.2, 0.25) is 0 Å². The van der Waals surface area contributed by atoms with Crippen molar-refractivity contribution in [3.63, 3.8) is 0 Å². The van der Waals surface area contributed by atoms with Crippen molar-refractivity contribution in [3.05, 3.63) is 29.8 Å². The molecule has 1 heterocycles. The lowest BCUT2D eigenvalue weighted by Crippen LogP contribution is -2.35. The summed E-state index contributed by atoms with van der Waals surface area (Å²) in [5.74, 6) is -0.0521. The number of ether oxygens (including phenoxy) is 1. The van der Waals surface area contributed by atoms with E-state index in [-0.39, 0.29) is 17.8 Å². The first-order valence-corrected chi connectivity index (χ1v) is 6.65. The van der Waals surface area contributed by atoms with Crippen molar-refractivity contribution in [2.45, 2.75) is 32.2 Å². The summed E-state index contributed by atoms with van der Waals surface area (Å²) in [7, 11) is 1.37. The Morgan fingerprint density at radius 2 is 2.00 bits per heavy atom. The molecule has 1 fully saturated rings. The van der Waals surface area contributed by atoms with Gasteiger partial charge >= 0.3 is 5.97 Å². The van der Waals surface area contributed by atoms with E-state index in [2.05, 4.69) is 9.64 Å². The van der Waals surface area contributed by atoms with Crippen molar-refractivity contribution in [1.82, 2.24) is 0 Å². The van der Waals surface area contributed by atoms with Crippen molar-refractivity contribution in [1.29, 1.82) is 0 Å². The van der Waals surface area contributed by atoms with E-state index in [4.69, 9.17) is 0 Å². The van der Waals surface area contributed by atoms with Gasteiger partial charge in [-0.2, -0.15) is 0 Å². The second-order valence-corrected chi connectivity index (χ2v) is 4.71. The first-order valence-electron chi connectivity index (χ1n) is 6.65. The number of esters is 1. The highest BCUT2D eigenvalue weighted by atomic mass is 16.5. The van der Waals surface area contributed by atoms with Gasteiger partial charge in [-0.3, -0.25) is 4.79 Å². The van der Waals surface area contributed by atoms with Crippen LogP contribution < -0.4 is 4.90 Å². The summed E-state index contributed by atoms with van der Waals surface area (Å²) in [5, 5.41) is 0. The van der Waals surface area contributed by atoms with Crippen LogP contribution in [0.3, 0.4) is 0 Å². The summed E-state index contributed by atoms with van der Waals surface area (Å²) in [6.45, 7) is 2.80. The maximum absolute atomic E-state index is 11.9. The number of nitrogens with zero attached hydrogens (tertiary/aromatic N) is 1. The van der Waals surface area contributed by atoms with Gasteiger partial charge in [0.15, 0.2) is 5.78 Å². The fourth-order valence-corrected chi connectivity index (χ4v) is 2.55. The maximum atomic E-state index is 11.9. The molecular weight excluding hydrogens is 242 g/mol. The molecule has 2 rings (SSSR count). The van der Waals surface area contributed by atoms with Crippen molar-refractivity contribution in [3.8, 4) is 0 Å². The zero-order valence-corrected chi connectivity index (χ0v) is 11.4. The molecule has 4 nitrogen and oxygen atoms in total. The van der Waals surface area contributed by atoms with Crippen molar-refractivity contribution in [2.24, 2.45) is 0 Å². The fraction of sp³-hybridized carbons (Fsp3) is 0.467. The highest BCUT2D eigenvalue weighted by Crippen LogP contribution is 2.27. The average Bonchev–Trinajstić information content (AvgIpc) is 2.95. The Balaban J connectivity index is 2.17. The van der Waals surface area contributed by atoms with E-state index < -0.39 is 0 Å². The number of hydrogen-bond donors (Lipinski definition) is 0. The molecule has 0 saturated carbocycles. The second-order valence-electron chi connectivity index (χ2n) is 4.71. The van der Waals surface area contributed by atoms with Crippen LogP contribution in [-0.4, -0.2) is 31.4 Å². The Hall–Kier alpha value is -1.84. The van der Waals surface area contributed by atoms with Crippen LogP contribution in [0.4, 0.5) is 5.69 Å². The van der Waals surface area contributed by atoms with Crippen LogP contribution in [-0.2, 0) is 9.53 Å². The lowest BCUT2D eigenvalue weighted by atomic mass is 10.1. The molecule has 0 radical (unpaired) electrons. The van der Waals surface area contributed by atoms with Crippen LogP contribution in [0, 0.1) is 0 Å². The van der Waals surface area contributed by atoms with Crippen LogP contribution in [0.15, 0.2) is 24.3 Å². The van der Waals surface area contributed by atoms with E-state index in [1.165, 1.54) is 7.11 Å². The summed E-state index contributed by atoms with van der Waals surface area (Å²) >= 11 is 0. The molecule has 1 aromatic rings. The fourth-order valence-electron chi connectivity index (χ4n) is 2.55. The first kappa shape index (κ1) is 13.6. The minimum atomic E-state index is -0.339. The Morgan fingerprint density at radius 3 is 2.58 bits per heavy atom. The minimum absolute atomic E-state index is 0.00558. The van der Waals surface area contributed by atoms with Crippen LogP contribution in [0.1, 0.15) is 36.5 Å². The number of ketones is 1. The normalized spacial score (nSPS) is 18.4. The molecule has 1 aromatic carbocycles. The molecule has 0 spiro atoms. The van der Waals surface area contributed by atoms with E-state index in [0.717, 1.165) is 25.1 Å². The molecule has 4 heteroatoms. The Labute approximate surface area is 113 Å². The number of Topliss-reactive ketones (excluding diaryl/α,β-unsaturated/α-hetero) is 1. The maximum Gasteiger partial charge on any atom is 0.337 e. The number of benzene rings is 1. The van der Waals surface area contributed by atoms with Crippen LogP contribution in [0.5, 0.6) is 0 Å². The first-order chi connectivity index (χ1) is 9.17. The topological polar surface area (TPSA) is 46.6 Å². The largest absolute Gasteiger partial charge is 0.465 e. The van der Waals surface area contributed by atoms with E-state index in [1.54, 1.807) is 12.1 Å². The number of anilines is 1. The molecule has 0 bridgehead atoms. The predicted octanol–water partition coefficient (Wildman–Crippen LogP) is 2.42. The highest BCUT2D eigenvalue weighted by Gasteiger charge is 2.29. The van der Waals surface area contributed by atoms with Crippen LogP contribution >= 0.6 is 0 Å². The summed E-state index contributed by atoms with van der Waals surface area (Å²) in [5.41, 5.74) is 1.53. The summed E-state index contributed by atoms with van der Waals surface area (Å²) < 4.78 is 4.67. The molecule has 0 amide bonds. The van der Waals surface area contributed by atoms with E-state index >= 15 is 0 Å². The van der Waals surface area contributed by atoms with Gasteiger partial charge in [-0.25, -0.2) is 4.79 Å². The molecule has 19 heavy (non-hydrogen) atoms. The van der Waals surface area contributed by atoms with Gasteiger partial charge in [-0.15, -0.1) is 0 Å². The molecule has 0 N–H and O–H groups in total. The average molecular weight is 261 g/mol. The third-order valence-corrected chi connectivity index (χ3v) is 3.59. The quantitative estimate of drug-likeness (QED) is 0.781. The number of carbonyl (C=O) groups is 2. The van der Waals surface area contributed by atoms with Gasteiger partial charge in [0.1, 0.15) is 0 Å². The zero-order valence-electron chi connectivity index (χ0n) is 11.4. The molecule has 0 aromatic heterocycles. The predicted molar refractivity (Wildman–Crippen MR) is 73.4 cm³/mol. The number of rotatable bonds is 4. The number of carbonyl (C=O) groups excluding carboxylic acids is 2. The van der Waals surface area contributed by atoms with Gasteiger partial charge in [0.05, 0.1) is 18.7 Å². The monoisotopic (exact) mass is 261 g/mol. The Bertz CT molecular complexity index is 467. The van der Waals surface area contributed by atoms with Gasteiger partial charge < -0.3 is 9.64 Å². The Kier molecular flexibility index (Phi) is 4.20. The van der Waals surface area contributed by atoms with Gasteiger partial charge in [0, 0.05) is 18.7 Å². The standard InChI is InChI=1S/C15H19NO3/c1-3-14(17)13-5-4-10-16(13)12-8-6-11(7-9-12)15(18)19-2/h6-9,13H,3-5,10H2,1-2H3/t13-/m0/s1. The third-order valence-electron chi connectivity index (χ3n) is 3.59. The zero-order chi connectivity index (χ0) is 13.8. The van der Waals surface area contributed by atoms with Gasteiger partial charge in [0.2, 0.25) is 0 Å². The molecule has 102 valence electrons. The summed E-state index contributed by atoms with van der Waals surface area (Å²) in [6.07, 6.45) is 2.53. The molecule has 1 atom stereocenters. The van der Waals surface area contributed by atoms with Gasteiger partial charge in [-0.1, -0.05) is 6.92 Å². The van der Waals surface area contributed by atoms with Gasteiger partial charge in [0.25, 0.3) is 0 Å². The lowest BCUT2D eigenvalue weighted by Gasteiger charge is -2.25. The lowest BCUT2D eigenvalue weighted by molar-refractivity contribution is -0.119. The Morgan fingerprint density at radius 1 is 1.32 bits per heavy atom. The molecule has 1 aliphatic heterocycles. The SMILES string of the molecule is CCC(=O)[C@@H]1CCCN1c1ccc(C(=O)OC)cc1. The number of methoxy groups -OCH3 is 1. The van der Waals surface area contributed by atoms with Crippen molar-refractivity contribution >= 4 is 17.4 Å². The van der Waals surface area contributed by atoms with E-state index in [9.17, 15) is 9.59 Å². The van der Waals surface area contributed by atoms with Crippen molar-refractivity contribution < 1.29 is 14.3 Å². The summed E-state index contributed by atoms with van der Waals surface area (Å²) in [4.78, 5) is 25.4. The van der Waals surface area contributed by atoms with Gasteiger partial charge in [-0.05, 0) is 37.1 Å². The summed E-state index contributed by atoms with van der Waals surface area (Å²) in [6, 6.07) is 7.25. The van der Waals surface area contributed by atoms with E-state index in [1.807, 2.05) is 19.1 Å². The molecule has 0 aliphatic carbocycles. The number of hydrogen-bond acceptors (Lipinski definition) is 4. The molecule has 1 saturated heterocycles. The second kappa shape index (κ2) is 5.87.